The van der Waals surface area contributed by atoms with Crippen LogP contribution in [0.25, 0.3) is 0 Å². The summed E-state index contributed by atoms with van der Waals surface area (Å²) in [6.45, 7) is 7.63. The zero-order chi connectivity index (χ0) is 19.1. The Kier molecular flexibility index (Phi) is 7.76. The second-order valence-electron chi connectivity index (χ2n) is 5.87. The predicted molar refractivity (Wildman–Crippen MR) is 108 cm³/mol. The first-order valence-corrected chi connectivity index (χ1v) is 9.44. The summed E-state index contributed by atoms with van der Waals surface area (Å²) in [4.78, 5) is 14.4. The molecule has 2 aromatic carbocycles. The fraction of sp³-hybridized carbons (Fsp3) is 0.350. The first-order chi connectivity index (χ1) is 12.5. The molecule has 0 spiro atoms. The number of esters is 1. The van der Waals surface area contributed by atoms with E-state index in [4.69, 9.17) is 27.9 Å². The Morgan fingerprint density at radius 1 is 1.08 bits per heavy atom. The van der Waals surface area contributed by atoms with Gasteiger partial charge in [0, 0.05) is 5.69 Å². The maximum absolute atomic E-state index is 12.4. The molecule has 0 amide bonds. The number of hydrogen-bond acceptors (Lipinski definition) is 4. The average molecular weight is 395 g/mol. The molecule has 0 heterocycles. The van der Waals surface area contributed by atoms with E-state index in [2.05, 4.69) is 10.2 Å². The van der Waals surface area contributed by atoms with Gasteiger partial charge < -0.3 is 10.1 Å². The van der Waals surface area contributed by atoms with Crippen LogP contribution in [0.15, 0.2) is 42.5 Å². The van der Waals surface area contributed by atoms with Crippen LogP contribution in [-0.4, -0.2) is 30.2 Å². The molecular formula is C20H24Cl2N2O2. The SMILES string of the molecule is CCN(CC)C(C)OC(=O)Cc1ccccc1Nc1c(Cl)cccc1Cl. The first-order valence-electron chi connectivity index (χ1n) is 8.68. The van der Waals surface area contributed by atoms with Gasteiger partial charge in [-0.05, 0) is 43.8 Å². The van der Waals surface area contributed by atoms with Crippen molar-refractivity contribution >= 4 is 40.5 Å². The Bertz CT molecular complexity index is 728. The summed E-state index contributed by atoms with van der Waals surface area (Å²) < 4.78 is 5.56. The molecule has 0 aliphatic rings. The van der Waals surface area contributed by atoms with Crippen LogP contribution in [0.5, 0.6) is 0 Å². The average Bonchev–Trinajstić information content (AvgIpc) is 2.60. The maximum atomic E-state index is 12.4. The molecule has 0 radical (unpaired) electrons. The number of rotatable bonds is 8. The van der Waals surface area contributed by atoms with E-state index in [9.17, 15) is 4.79 Å². The quantitative estimate of drug-likeness (QED) is 0.473. The number of anilines is 2. The lowest BCUT2D eigenvalue weighted by atomic mass is 10.1. The highest BCUT2D eigenvalue weighted by Crippen LogP contribution is 2.33. The van der Waals surface area contributed by atoms with E-state index in [1.165, 1.54) is 0 Å². The Labute approximate surface area is 165 Å². The summed E-state index contributed by atoms with van der Waals surface area (Å²) in [7, 11) is 0. The van der Waals surface area contributed by atoms with E-state index >= 15 is 0 Å². The minimum atomic E-state index is -0.274. The Hall–Kier alpha value is -1.75. The van der Waals surface area contributed by atoms with Gasteiger partial charge in [0.2, 0.25) is 0 Å². The number of nitrogens with zero attached hydrogens (tertiary/aromatic N) is 1. The number of benzene rings is 2. The molecule has 4 nitrogen and oxygen atoms in total. The van der Waals surface area contributed by atoms with Crippen LogP contribution in [-0.2, 0) is 16.0 Å². The highest BCUT2D eigenvalue weighted by Gasteiger charge is 2.17. The monoisotopic (exact) mass is 394 g/mol. The van der Waals surface area contributed by atoms with E-state index in [0.717, 1.165) is 24.3 Å². The van der Waals surface area contributed by atoms with Crippen LogP contribution in [0, 0.1) is 0 Å². The summed E-state index contributed by atoms with van der Waals surface area (Å²) in [5.74, 6) is -0.274. The highest BCUT2D eigenvalue weighted by atomic mass is 35.5. The lowest BCUT2D eigenvalue weighted by molar-refractivity contribution is -0.156. The van der Waals surface area contributed by atoms with Crippen molar-refractivity contribution in [3.63, 3.8) is 0 Å². The van der Waals surface area contributed by atoms with Crippen molar-refractivity contribution in [2.45, 2.75) is 33.4 Å². The Balaban J connectivity index is 2.13. The van der Waals surface area contributed by atoms with Crippen LogP contribution in [0.2, 0.25) is 10.0 Å². The van der Waals surface area contributed by atoms with Crippen molar-refractivity contribution in [2.75, 3.05) is 18.4 Å². The molecule has 0 bridgehead atoms. The van der Waals surface area contributed by atoms with Gasteiger partial charge >= 0.3 is 5.97 Å². The van der Waals surface area contributed by atoms with Gasteiger partial charge in [-0.2, -0.15) is 0 Å². The zero-order valence-corrected chi connectivity index (χ0v) is 16.8. The second-order valence-corrected chi connectivity index (χ2v) is 6.68. The minimum Gasteiger partial charge on any atom is -0.446 e. The molecule has 0 aliphatic carbocycles. The van der Waals surface area contributed by atoms with E-state index in [1.54, 1.807) is 18.2 Å². The van der Waals surface area contributed by atoms with Gasteiger partial charge in [-0.3, -0.25) is 9.69 Å². The summed E-state index contributed by atoms with van der Waals surface area (Å²) in [6.07, 6.45) is -0.0905. The Morgan fingerprint density at radius 3 is 2.31 bits per heavy atom. The van der Waals surface area contributed by atoms with Crippen LogP contribution >= 0.6 is 23.2 Å². The van der Waals surface area contributed by atoms with Crippen LogP contribution in [0.3, 0.4) is 0 Å². The smallest absolute Gasteiger partial charge is 0.311 e. The first kappa shape index (κ1) is 20.6. The lowest BCUT2D eigenvalue weighted by Crippen LogP contribution is -2.36. The van der Waals surface area contributed by atoms with Crippen molar-refractivity contribution in [2.24, 2.45) is 0 Å². The van der Waals surface area contributed by atoms with Gasteiger partial charge in [-0.1, -0.05) is 61.3 Å². The normalized spacial score (nSPS) is 12.1. The van der Waals surface area contributed by atoms with Crippen LogP contribution < -0.4 is 5.32 Å². The number of nitrogens with one attached hydrogen (secondary N) is 1. The van der Waals surface area contributed by atoms with E-state index in [-0.39, 0.29) is 18.6 Å². The maximum Gasteiger partial charge on any atom is 0.311 e. The number of hydrogen-bond donors (Lipinski definition) is 1. The third-order valence-electron chi connectivity index (χ3n) is 4.20. The summed E-state index contributed by atoms with van der Waals surface area (Å²) >= 11 is 12.5. The van der Waals surface area contributed by atoms with Crippen molar-refractivity contribution < 1.29 is 9.53 Å². The summed E-state index contributed by atoms with van der Waals surface area (Å²) in [6, 6.07) is 12.9. The molecule has 26 heavy (non-hydrogen) atoms. The van der Waals surface area contributed by atoms with E-state index in [1.807, 2.05) is 45.0 Å². The molecule has 1 N–H and O–H groups in total. The van der Waals surface area contributed by atoms with Crippen molar-refractivity contribution in [1.82, 2.24) is 4.90 Å². The molecule has 1 atom stereocenters. The number of ether oxygens (including phenoxy) is 1. The molecule has 1 unspecified atom stereocenters. The minimum absolute atomic E-state index is 0.164. The second kappa shape index (κ2) is 9.81. The lowest BCUT2D eigenvalue weighted by Gasteiger charge is -2.26. The van der Waals surface area contributed by atoms with Gasteiger partial charge in [0.25, 0.3) is 0 Å². The van der Waals surface area contributed by atoms with E-state index < -0.39 is 0 Å². The molecule has 0 aromatic heterocycles. The Morgan fingerprint density at radius 2 is 1.69 bits per heavy atom. The van der Waals surface area contributed by atoms with Crippen LogP contribution in [0.1, 0.15) is 26.3 Å². The van der Waals surface area contributed by atoms with Crippen molar-refractivity contribution in [1.29, 1.82) is 0 Å². The van der Waals surface area contributed by atoms with E-state index in [0.29, 0.717) is 15.7 Å². The van der Waals surface area contributed by atoms with Crippen molar-refractivity contribution in [3.05, 3.63) is 58.1 Å². The van der Waals surface area contributed by atoms with Gasteiger partial charge in [-0.25, -0.2) is 0 Å². The van der Waals surface area contributed by atoms with Crippen LogP contribution in [0.4, 0.5) is 11.4 Å². The number of para-hydroxylation sites is 2. The highest BCUT2D eigenvalue weighted by molar-refractivity contribution is 6.39. The summed E-state index contributed by atoms with van der Waals surface area (Å²) in [5, 5.41) is 4.27. The van der Waals surface area contributed by atoms with Gasteiger partial charge in [-0.15, -0.1) is 0 Å². The molecule has 0 fully saturated rings. The van der Waals surface area contributed by atoms with Crippen molar-refractivity contribution in [3.8, 4) is 0 Å². The fourth-order valence-corrected chi connectivity index (χ4v) is 3.24. The number of halogens is 2. The van der Waals surface area contributed by atoms with Gasteiger partial charge in [0.1, 0.15) is 0 Å². The third-order valence-corrected chi connectivity index (χ3v) is 4.83. The fourth-order valence-electron chi connectivity index (χ4n) is 2.75. The zero-order valence-electron chi connectivity index (χ0n) is 15.3. The molecule has 6 heteroatoms. The standard InChI is InChI=1S/C20H24Cl2N2O2/c1-4-24(5-2)14(3)26-19(25)13-15-9-6-7-12-18(15)23-20-16(21)10-8-11-17(20)22/h6-12,14,23H,4-5,13H2,1-3H3. The number of carbonyl (C=O) groups is 1. The topological polar surface area (TPSA) is 41.6 Å². The molecule has 0 saturated carbocycles. The molecule has 0 aliphatic heterocycles. The largest absolute Gasteiger partial charge is 0.446 e. The number of carbonyl (C=O) groups excluding carboxylic acids is 1. The van der Waals surface area contributed by atoms with Gasteiger partial charge in [0.05, 0.1) is 22.2 Å². The molecule has 0 saturated heterocycles. The third kappa shape index (κ3) is 5.37. The van der Waals surface area contributed by atoms with Gasteiger partial charge in [0.15, 0.2) is 6.23 Å². The predicted octanol–water partition coefficient (Wildman–Crippen LogP) is 5.51. The molecule has 140 valence electrons. The molecule has 2 rings (SSSR count). The summed E-state index contributed by atoms with van der Waals surface area (Å²) in [5.41, 5.74) is 2.21. The molecule has 2 aromatic rings. The molecular weight excluding hydrogens is 371 g/mol.